The lowest BCUT2D eigenvalue weighted by atomic mass is 9.53. The molecule has 3 aliphatic rings. The summed E-state index contributed by atoms with van der Waals surface area (Å²) >= 11 is 0. The van der Waals surface area contributed by atoms with Crippen molar-refractivity contribution >= 4 is 5.97 Å². The predicted molar refractivity (Wildman–Crippen MR) is 106 cm³/mol. The quantitative estimate of drug-likeness (QED) is 0.429. The Morgan fingerprint density at radius 2 is 2.04 bits per heavy atom. The van der Waals surface area contributed by atoms with Crippen molar-refractivity contribution in [2.75, 3.05) is 14.2 Å². The molecule has 0 aromatic heterocycles. The molecule has 0 saturated heterocycles. The van der Waals surface area contributed by atoms with E-state index in [1.807, 2.05) is 0 Å². The second kappa shape index (κ2) is 9.43. The summed E-state index contributed by atoms with van der Waals surface area (Å²) in [5.74, 6) is 6.32. The van der Waals surface area contributed by atoms with E-state index < -0.39 is 12.2 Å². The molecule has 156 valence electrons. The molecule has 0 amide bonds. The molecule has 5 atom stereocenters. The molecule has 2 N–H and O–H groups in total. The number of fused-ring (bicyclic) bond motifs is 1. The van der Waals surface area contributed by atoms with Crippen molar-refractivity contribution in [3.8, 4) is 11.8 Å². The number of carbonyl (C=O) groups is 1. The summed E-state index contributed by atoms with van der Waals surface area (Å²) in [7, 11) is 3.12. The number of aliphatic hydroxyl groups excluding tert-OH is 2. The first-order chi connectivity index (χ1) is 13.5. The highest BCUT2D eigenvalue weighted by atomic mass is 16.5. The molecule has 0 spiro atoms. The van der Waals surface area contributed by atoms with Gasteiger partial charge < -0.3 is 19.7 Å². The number of aliphatic hydroxyl groups is 2. The zero-order valence-corrected chi connectivity index (χ0v) is 17.2. The lowest BCUT2D eigenvalue weighted by molar-refractivity contribution is -0.141. The van der Waals surface area contributed by atoms with Crippen LogP contribution in [0.5, 0.6) is 0 Å². The standard InChI is InChI=1S/C23H34O5/c1-27-22(26)10-6-9-17-15-19-18(21(25)13-14-23(17,19)28-2)11-12-20(24)16-7-4-3-5-8-16/h9,16,18-21,24-25H,3-8,10,13-15H2,1-2H3/b17-9-/t18-,19-,20?,21-,23+/m0/s1. The second-order valence-electron chi connectivity index (χ2n) is 8.51. The maximum atomic E-state index is 11.3. The van der Waals surface area contributed by atoms with E-state index in [0.29, 0.717) is 19.3 Å². The Labute approximate surface area is 168 Å². The molecule has 0 aromatic carbocycles. The first kappa shape index (κ1) is 21.4. The summed E-state index contributed by atoms with van der Waals surface area (Å²) in [4.78, 5) is 11.3. The van der Waals surface area contributed by atoms with Crippen molar-refractivity contribution in [1.29, 1.82) is 0 Å². The minimum Gasteiger partial charge on any atom is -0.469 e. The molecule has 5 nitrogen and oxygen atoms in total. The van der Waals surface area contributed by atoms with Crippen LogP contribution in [0.25, 0.3) is 0 Å². The molecule has 0 heterocycles. The van der Waals surface area contributed by atoms with Crippen molar-refractivity contribution in [1.82, 2.24) is 0 Å². The molecule has 0 bridgehead atoms. The summed E-state index contributed by atoms with van der Waals surface area (Å²) in [5.41, 5.74) is 0.820. The molecule has 0 aliphatic heterocycles. The molecule has 3 saturated carbocycles. The summed E-state index contributed by atoms with van der Waals surface area (Å²) in [6.07, 6.45) is 9.93. The third kappa shape index (κ3) is 4.30. The average molecular weight is 391 g/mol. The smallest absolute Gasteiger partial charge is 0.305 e. The van der Waals surface area contributed by atoms with Gasteiger partial charge in [0.15, 0.2) is 0 Å². The third-order valence-corrected chi connectivity index (χ3v) is 7.07. The lowest BCUT2D eigenvalue weighted by Gasteiger charge is -2.57. The number of hydrogen-bond acceptors (Lipinski definition) is 5. The molecule has 28 heavy (non-hydrogen) atoms. The number of hydrogen-bond donors (Lipinski definition) is 2. The first-order valence-electron chi connectivity index (χ1n) is 10.7. The Morgan fingerprint density at radius 3 is 2.71 bits per heavy atom. The van der Waals surface area contributed by atoms with Gasteiger partial charge in [-0.05, 0) is 50.0 Å². The summed E-state index contributed by atoms with van der Waals surface area (Å²) in [6, 6.07) is 0. The number of carbonyl (C=O) groups excluding carboxylic acids is 1. The predicted octanol–water partition coefficient (Wildman–Crippen LogP) is 2.99. The van der Waals surface area contributed by atoms with Gasteiger partial charge in [0, 0.05) is 19.4 Å². The molecule has 3 aliphatic carbocycles. The van der Waals surface area contributed by atoms with E-state index in [1.54, 1.807) is 7.11 Å². The van der Waals surface area contributed by atoms with E-state index in [4.69, 9.17) is 9.47 Å². The Hall–Kier alpha value is -1.35. The van der Waals surface area contributed by atoms with Crippen LogP contribution in [-0.2, 0) is 14.3 Å². The van der Waals surface area contributed by atoms with Crippen LogP contribution in [0.1, 0.15) is 64.2 Å². The topological polar surface area (TPSA) is 76.0 Å². The Balaban J connectivity index is 1.68. The normalized spacial score (nSPS) is 35.3. The van der Waals surface area contributed by atoms with E-state index in [2.05, 4.69) is 17.9 Å². The van der Waals surface area contributed by atoms with Crippen LogP contribution in [0, 0.1) is 29.6 Å². The maximum absolute atomic E-state index is 11.3. The van der Waals surface area contributed by atoms with E-state index in [0.717, 1.165) is 25.7 Å². The second-order valence-corrected chi connectivity index (χ2v) is 8.51. The fourth-order valence-corrected chi connectivity index (χ4v) is 5.31. The number of allylic oxidation sites excluding steroid dienone is 1. The highest BCUT2D eigenvalue weighted by Gasteiger charge is 2.58. The van der Waals surface area contributed by atoms with Gasteiger partial charge in [0.25, 0.3) is 0 Å². The van der Waals surface area contributed by atoms with Crippen molar-refractivity contribution < 1.29 is 24.5 Å². The molecule has 0 aromatic rings. The fraction of sp³-hybridized carbons (Fsp3) is 0.783. The van der Waals surface area contributed by atoms with E-state index >= 15 is 0 Å². The van der Waals surface area contributed by atoms with Crippen LogP contribution in [0.2, 0.25) is 0 Å². The van der Waals surface area contributed by atoms with Gasteiger partial charge in [0.1, 0.15) is 6.10 Å². The average Bonchev–Trinajstić information content (AvgIpc) is 2.71. The fourth-order valence-electron chi connectivity index (χ4n) is 5.31. The highest BCUT2D eigenvalue weighted by Crippen LogP contribution is 2.56. The van der Waals surface area contributed by atoms with Crippen molar-refractivity contribution in [3.63, 3.8) is 0 Å². The molecule has 3 rings (SSSR count). The molecule has 0 radical (unpaired) electrons. The van der Waals surface area contributed by atoms with Crippen LogP contribution in [-0.4, -0.2) is 48.2 Å². The maximum Gasteiger partial charge on any atom is 0.305 e. The third-order valence-electron chi connectivity index (χ3n) is 7.07. The van der Waals surface area contributed by atoms with Gasteiger partial charge in [0.2, 0.25) is 0 Å². The Kier molecular flexibility index (Phi) is 7.20. The van der Waals surface area contributed by atoms with Crippen LogP contribution in [0.15, 0.2) is 11.6 Å². The van der Waals surface area contributed by atoms with E-state index in [1.165, 1.54) is 31.9 Å². The van der Waals surface area contributed by atoms with Crippen LogP contribution >= 0.6 is 0 Å². The van der Waals surface area contributed by atoms with E-state index in [9.17, 15) is 15.0 Å². The van der Waals surface area contributed by atoms with Crippen molar-refractivity contribution in [2.24, 2.45) is 17.8 Å². The molecule has 5 heteroatoms. The Bertz CT molecular complexity index is 639. The Morgan fingerprint density at radius 1 is 1.29 bits per heavy atom. The molecular formula is C23H34O5. The van der Waals surface area contributed by atoms with Crippen molar-refractivity contribution in [3.05, 3.63) is 11.6 Å². The molecular weight excluding hydrogens is 356 g/mol. The van der Waals surface area contributed by atoms with Crippen LogP contribution in [0.3, 0.4) is 0 Å². The summed E-state index contributed by atoms with van der Waals surface area (Å²) < 4.78 is 10.7. The first-order valence-corrected chi connectivity index (χ1v) is 10.7. The van der Waals surface area contributed by atoms with Gasteiger partial charge >= 0.3 is 5.97 Å². The monoisotopic (exact) mass is 390 g/mol. The lowest BCUT2D eigenvalue weighted by Crippen LogP contribution is -2.59. The number of rotatable bonds is 5. The highest BCUT2D eigenvalue weighted by molar-refractivity contribution is 5.69. The van der Waals surface area contributed by atoms with Gasteiger partial charge in [-0.25, -0.2) is 0 Å². The zero-order valence-electron chi connectivity index (χ0n) is 17.2. The van der Waals surface area contributed by atoms with Crippen LogP contribution in [0.4, 0.5) is 0 Å². The van der Waals surface area contributed by atoms with Crippen molar-refractivity contribution in [2.45, 2.75) is 82.0 Å². The number of esters is 1. The minimum atomic E-state index is -0.596. The molecule has 1 unspecified atom stereocenters. The molecule has 3 fully saturated rings. The number of methoxy groups -OCH3 is 2. The van der Waals surface area contributed by atoms with Gasteiger partial charge in [0.05, 0.1) is 24.7 Å². The van der Waals surface area contributed by atoms with Gasteiger partial charge in [-0.1, -0.05) is 37.2 Å². The van der Waals surface area contributed by atoms with E-state index in [-0.39, 0.29) is 29.3 Å². The van der Waals surface area contributed by atoms with Gasteiger partial charge in [-0.3, -0.25) is 4.79 Å². The SMILES string of the molecule is COC(=O)CC/C=C1/C[C@H]2[C@H](C#CC(O)C3CCCCC3)[C@@H](O)CC[C@@]12OC. The van der Waals surface area contributed by atoms with Gasteiger partial charge in [-0.15, -0.1) is 0 Å². The van der Waals surface area contributed by atoms with Gasteiger partial charge in [-0.2, -0.15) is 0 Å². The summed E-state index contributed by atoms with van der Waals surface area (Å²) in [6.45, 7) is 0. The summed E-state index contributed by atoms with van der Waals surface area (Å²) in [5, 5.41) is 21.1. The zero-order chi connectivity index (χ0) is 20.1. The largest absolute Gasteiger partial charge is 0.469 e. The number of ether oxygens (including phenoxy) is 2. The van der Waals surface area contributed by atoms with Crippen LogP contribution < -0.4 is 0 Å². The minimum absolute atomic E-state index is 0.136.